The first-order valence-electron chi connectivity index (χ1n) is 10.8. The molecule has 3 aromatic heterocycles. The monoisotopic (exact) mass is 410 g/mol. The van der Waals surface area contributed by atoms with Crippen molar-refractivity contribution < 1.29 is 4.74 Å². The van der Waals surface area contributed by atoms with E-state index in [1.54, 1.807) is 6.20 Å². The number of aromatic nitrogens is 5. The van der Waals surface area contributed by atoms with E-state index in [9.17, 15) is 0 Å². The fourth-order valence-electron chi connectivity index (χ4n) is 3.66. The first kappa shape index (κ1) is 20.5. The number of ether oxygens (including phenoxy) is 1. The smallest absolute Gasteiger partial charge is 0.228 e. The van der Waals surface area contributed by atoms with Crippen LogP contribution in [0.2, 0.25) is 0 Å². The zero-order chi connectivity index (χ0) is 20.8. The molecule has 0 bridgehead atoms. The van der Waals surface area contributed by atoms with Gasteiger partial charge in [-0.05, 0) is 38.4 Å². The molecule has 1 aliphatic heterocycles. The summed E-state index contributed by atoms with van der Waals surface area (Å²) in [5.41, 5.74) is 2.77. The Bertz CT molecular complexity index is 951. The molecule has 1 fully saturated rings. The molecule has 3 aromatic rings. The van der Waals surface area contributed by atoms with Gasteiger partial charge in [-0.25, -0.2) is 9.97 Å². The van der Waals surface area contributed by atoms with Gasteiger partial charge >= 0.3 is 0 Å². The van der Waals surface area contributed by atoms with Gasteiger partial charge in [-0.1, -0.05) is 13.0 Å². The first-order chi connectivity index (χ1) is 14.8. The maximum atomic E-state index is 5.57. The van der Waals surface area contributed by atoms with E-state index >= 15 is 0 Å². The molecule has 0 aliphatic carbocycles. The predicted molar refractivity (Wildman–Crippen MR) is 118 cm³/mol. The van der Waals surface area contributed by atoms with E-state index in [0.29, 0.717) is 19.8 Å². The summed E-state index contributed by atoms with van der Waals surface area (Å²) in [5, 5.41) is 11.7. The molecule has 0 radical (unpaired) electrons. The summed E-state index contributed by atoms with van der Waals surface area (Å²) in [6, 6.07) is 5.79. The van der Waals surface area contributed by atoms with Gasteiger partial charge in [0.2, 0.25) is 5.95 Å². The Kier molecular flexibility index (Phi) is 6.70. The lowest BCUT2D eigenvalue weighted by molar-refractivity contribution is 0.137. The van der Waals surface area contributed by atoms with E-state index in [-0.39, 0.29) is 0 Å². The molecule has 0 saturated carbocycles. The highest BCUT2D eigenvalue weighted by Crippen LogP contribution is 2.28. The average Bonchev–Trinajstić information content (AvgIpc) is 2.93. The summed E-state index contributed by atoms with van der Waals surface area (Å²) in [6.07, 6.45) is 3.64. The summed E-state index contributed by atoms with van der Waals surface area (Å²) < 4.78 is 7.53. The first-order valence-corrected chi connectivity index (χ1v) is 10.8. The SMILES string of the molecule is CCOCCn1nc(CC)c2nc(N3CCCNCC3)nc(Nc3ccccn3)c21. The van der Waals surface area contributed by atoms with Crippen molar-refractivity contribution in [2.75, 3.05) is 49.6 Å². The third-order valence-electron chi connectivity index (χ3n) is 5.17. The maximum absolute atomic E-state index is 5.57. The van der Waals surface area contributed by atoms with Gasteiger partial charge in [0.15, 0.2) is 5.82 Å². The van der Waals surface area contributed by atoms with E-state index in [2.05, 4.69) is 27.4 Å². The van der Waals surface area contributed by atoms with Gasteiger partial charge in [-0.2, -0.15) is 10.1 Å². The summed E-state index contributed by atoms with van der Waals surface area (Å²) in [7, 11) is 0. The van der Waals surface area contributed by atoms with E-state index < -0.39 is 0 Å². The van der Waals surface area contributed by atoms with Crippen LogP contribution in [0, 0.1) is 0 Å². The van der Waals surface area contributed by atoms with Crippen LogP contribution in [-0.2, 0) is 17.7 Å². The minimum Gasteiger partial charge on any atom is -0.380 e. The highest BCUT2D eigenvalue weighted by Gasteiger charge is 2.21. The lowest BCUT2D eigenvalue weighted by Gasteiger charge is -2.21. The maximum Gasteiger partial charge on any atom is 0.228 e. The van der Waals surface area contributed by atoms with Crippen molar-refractivity contribution >= 4 is 28.6 Å². The number of nitrogens with zero attached hydrogens (tertiary/aromatic N) is 6. The molecule has 0 aromatic carbocycles. The van der Waals surface area contributed by atoms with Crippen LogP contribution in [-0.4, -0.2) is 64.1 Å². The van der Waals surface area contributed by atoms with Crippen molar-refractivity contribution in [3.8, 4) is 0 Å². The predicted octanol–water partition coefficient (Wildman–Crippen LogP) is 2.36. The summed E-state index contributed by atoms with van der Waals surface area (Å²) >= 11 is 0. The lowest BCUT2D eigenvalue weighted by Crippen LogP contribution is -2.29. The topological polar surface area (TPSA) is 93.0 Å². The highest BCUT2D eigenvalue weighted by molar-refractivity contribution is 5.90. The zero-order valence-electron chi connectivity index (χ0n) is 17.8. The third-order valence-corrected chi connectivity index (χ3v) is 5.17. The number of fused-ring (bicyclic) bond motifs is 1. The Morgan fingerprint density at radius 3 is 2.90 bits per heavy atom. The highest BCUT2D eigenvalue weighted by atomic mass is 16.5. The van der Waals surface area contributed by atoms with Crippen LogP contribution < -0.4 is 15.5 Å². The van der Waals surface area contributed by atoms with E-state index in [0.717, 1.165) is 73.3 Å². The molecule has 1 saturated heterocycles. The van der Waals surface area contributed by atoms with Gasteiger partial charge in [0.05, 0.1) is 18.8 Å². The van der Waals surface area contributed by atoms with Gasteiger partial charge in [0, 0.05) is 32.4 Å². The Hall–Kier alpha value is -2.78. The normalized spacial score (nSPS) is 14.8. The van der Waals surface area contributed by atoms with Crippen LogP contribution in [0.1, 0.15) is 26.0 Å². The molecule has 160 valence electrons. The van der Waals surface area contributed by atoms with Crippen LogP contribution in [0.15, 0.2) is 24.4 Å². The van der Waals surface area contributed by atoms with Gasteiger partial charge in [0.1, 0.15) is 16.9 Å². The van der Waals surface area contributed by atoms with E-state index in [1.165, 1.54) is 0 Å². The van der Waals surface area contributed by atoms with Gasteiger partial charge < -0.3 is 20.3 Å². The molecule has 2 N–H and O–H groups in total. The Balaban J connectivity index is 1.80. The lowest BCUT2D eigenvalue weighted by atomic mass is 10.2. The molecule has 30 heavy (non-hydrogen) atoms. The van der Waals surface area contributed by atoms with Crippen molar-refractivity contribution in [1.29, 1.82) is 0 Å². The number of anilines is 3. The number of hydrogen-bond donors (Lipinski definition) is 2. The van der Waals surface area contributed by atoms with Crippen molar-refractivity contribution in [1.82, 2.24) is 30.0 Å². The molecule has 1 aliphatic rings. The molecule has 4 heterocycles. The second-order valence-electron chi connectivity index (χ2n) is 7.22. The molecular formula is C21H30N8O. The Labute approximate surface area is 176 Å². The number of rotatable bonds is 8. The molecule has 9 nitrogen and oxygen atoms in total. The molecule has 4 rings (SSSR count). The Morgan fingerprint density at radius 2 is 2.10 bits per heavy atom. The molecular weight excluding hydrogens is 380 g/mol. The zero-order valence-corrected chi connectivity index (χ0v) is 17.8. The summed E-state index contributed by atoms with van der Waals surface area (Å²) in [6.45, 7) is 9.80. The van der Waals surface area contributed by atoms with Crippen LogP contribution in [0.3, 0.4) is 0 Å². The third kappa shape index (κ3) is 4.52. The Morgan fingerprint density at radius 1 is 1.17 bits per heavy atom. The average molecular weight is 411 g/mol. The van der Waals surface area contributed by atoms with E-state index in [1.807, 2.05) is 29.8 Å². The number of hydrogen-bond acceptors (Lipinski definition) is 8. The van der Waals surface area contributed by atoms with Crippen molar-refractivity contribution in [2.24, 2.45) is 0 Å². The fourth-order valence-corrected chi connectivity index (χ4v) is 3.66. The van der Waals surface area contributed by atoms with Crippen LogP contribution in [0.4, 0.5) is 17.6 Å². The number of pyridine rings is 1. The quantitative estimate of drug-likeness (QED) is 0.547. The second kappa shape index (κ2) is 9.82. The summed E-state index contributed by atoms with van der Waals surface area (Å²) in [4.78, 5) is 16.6. The van der Waals surface area contributed by atoms with Crippen LogP contribution in [0.5, 0.6) is 0 Å². The van der Waals surface area contributed by atoms with Crippen molar-refractivity contribution in [2.45, 2.75) is 33.2 Å². The largest absolute Gasteiger partial charge is 0.380 e. The fraction of sp³-hybridized carbons (Fsp3) is 0.524. The van der Waals surface area contributed by atoms with Crippen LogP contribution >= 0.6 is 0 Å². The minimum absolute atomic E-state index is 0.596. The number of aryl methyl sites for hydroxylation is 1. The molecule has 0 unspecified atom stereocenters. The van der Waals surface area contributed by atoms with Gasteiger partial charge in [0.25, 0.3) is 0 Å². The molecule has 0 spiro atoms. The molecule has 0 atom stereocenters. The molecule has 0 amide bonds. The van der Waals surface area contributed by atoms with Crippen molar-refractivity contribution in [3.05, 3.63) is 30.1 Å². The van der Waals surface area contributed by atoms with Gasteiger partial charge in [-0.3, -0.25) is 4.68 Å². The van der Waals surface area contributed by atoms with Crippen LogP contribution in [0.25, 0.3) is 11.0 Å². The molecule has 9 heteroatoms. The van der Waals surface area contributed by atoms with Gasteiger partial charge in [-0.15, -0.1) is 0 Å². The minimum atomic E-state index is 0.596. The van der Waals surface area contributed by atoms with Crippen molar-refractivity contribution in [3.63, 3.8) is 0 Å². The standard InChI is InChI=1S/C21H30N8O/c1-3-16-18-19(29(27-16)14-15-30-4-2)20(24-17-8-5-6-10-23-17)26-21(25-18)28-12-7-9-22-11-13-28/h5-6,8,10,22H,3-4,7,9,11-15H2,1-2H3,(H,23,24,25,26). The second-order valence-corrected chi connectivity index (χ2v) is 7.22. The van der Waals surface area contributed by atoms with E-state index in [4.69, 9.17) is 19.8 Å². The summed E-state index contributed by atoms with van der Waals surface area (Å²) in [5.74, 6) is 2.22. The number of nitrogens with one attached hydrogen (secondary N) is 2.